The number of phenolic OH excluding ortho intramolecular Hbond substituents is 2. The van der Waals surface area contributed by atoms with Crippen LogP contribution in [0.3, 0.4) is 0 Å². The van der Waals surface area contributed by atoms with Crippen molar-refractivity contribution in [1.29, 1.82) is 0 Å². The third-order valence-corrected chi connectivity index (χ3v) is 13.3. The van der Waals surface area contributed by atoms with Crippen LogP contribution in [-0.2, 0) is 5.41 Å². The summed E-state index contributed by atoms with van der Waals surface area (Å²) in [5, 5.41) is 41.7. The SMILES string of the molecule is C=C(O)[C@]1(C)CC[C@]2(C)CC[C@]3(C)C4=CC(SCCO)c5c(cc(O)c(O)c5C)[C@]4(C)CC[C@@]3(C)[C@@H]2C1. The molecule has 4 N–H and O–H groups in total. The summed E-state index contributed by atoms with van der Waals surface area (Å²) in [6.45, 7) is 18.1. The van der Waals surface area contributed by atoms with Gasteiger partial charge in [-0.1, -0.05) is 52.8 Å². The first kappa shape index (κ1) is 27.0. The number of aromatic hydroxyl groups is 2. The van der Waals surface area contributed by atoms with E-state index in [2.05, 4.69) is 47.3 Å². The minimum atomic E-state index is -0.236. The third-order valence-electron chi connectivity index (χ3n) is 12.2. The lowest BCUT2D eigenvalue weighted by Crippen LogP contribution is -2.62. The molecular weight excluding hydrogens is 480 g/mol. The van der Waals surface area contributed by atoms with Gasteiger partial charge in [0.15, 0.2) is 11.5 Å². The van der Waals surface area contributed by atoms with Crippen LogP contribution >= 0.6 is 11.8 Å². The minimum absolute atomic E-state index is 0.0260. The van der Waals surface area contributed by atoms with Gasteiger partial charge in [0.1, 0.15) is 0 Å². The molecule has 4 aliphatic rings. The van der Waals surface area contributed by atoms with E-state index >= 15 is 0 Å². The fourth-order valence-corrected chi connectivity index (χ4v) is 10.3. The molecule has 0 amide bonds. The van der Waals surface area contributed by atoms with E-state index in [4.69, 9.17) is 0 Å². The van der Waals surface area contributed by atoms with Crippen LogP contribution in [-0.4, -0.2) is 32.8 Å². The van der Waals surface area contributed by atoms with Crippen molar-refractivity contribution in [2.24, 2.45) is 27.6 Å². The largest absolute Gasteiger partial charge is 0.512 e. The maximum atomic E-state index is 10.7. The van der Waals surface area contributed by atoms with Crippen LogP contribution in [0.15, 0.2) is 30.1 Å². The number of aliphatic hydroxyl groups excluding tert-OH is 2. The summed E-state index contributed by atoms with van der Waals surface area (Å²) in [4.78, 5) is 0. The van der Waals surface area contributed by atoms with Gasteiger partial charge in [-0.05, 0) is 96.8 Å². The van der Waals surface area contributed by atoms with E-state index in [9.17, 15) is 20.4 Å². The summed E-state index contributed by atoms with van der Waals surface area (Å²) in [5.74, 6) is 1.37. The predicted octanol–water partition coefficient (Wildman–Crippen LogP) is 7.86. The molecule has 1 aromatic rings. The van der Waals surface area contributed by atoms with Crippen LogP contribution in [0.1, 0.15) is 102 Å². The summed E-state index contributed by atoms with van der Waals surface area (Å²) < 4.78 is 0. The number of thioether (sulfide) groups is 1. The zero-order chi connectivity index (χ0) is 27.2. The summed E-state index contributed by atoms with van der Waals surface area (Å²) in [7, 11) is 0. The summed E-state index contributed by atoms with van der Waals surface area (Å²) in [5.41, 5.74) is 4.31. The Morgan fingerprint density at radius 1 is 1.03 bits per heavy atom. The Morgan fingerprint density at radius 3 is 2.35 bits per heavy atom. The molecule has 0 aromatic heterocycles. The number of benzene rings is 1. The Bertz CT molecular complexity index is 1170. The monoisotopic (exact) mass is 526 g/mol. The van der Waals surface area contributed by atoms with Gasteiger partial charge in [-0.25, -0.2) is 0 Å². The molecule has 4 nitrogen and oxygen atoms in total. The van der Waals surface area contributed by atoms with Crippen molar-refractivity contribution < 1.29 is 20.4 Å². The number of fused-ring (bicyclic) bond motifs is 7. The van der Waals surface area contributed by atoms with Crippen LogP contribution in [0.2, 0.25) is 0 Å². The lowest BCUT2D eigenvalue weighted by Gasteiger charge is -2.70. The van der Waals surface area contributed by atoms with Crippen molar-refractivity contribution in [2.75, 3.05) is 12.4 Å². The summed E-state index contributed by atoms with van der Waals surface area (Å²) in [6.07, 6.45) is 9.94. The first-order valence-electron chi connectivity index (χ1n) is 14.1. The van der Waals surface area contributed by atoms with Crippen LogP contribution in [0.5, 0.6) is 11.5 Å². The first-order valence-corrected chi connectivity index (χ1v) is 15.1. The van der Waals surface area contributed by atoms with E-state index in [1.807, 2.05) is 13.0 Å². The van der Waals surface area contributed by atoms with Crippen molar-refractivity contribution in [3.8, 4) is 11.5 Å². The van der Waals surface area contributed by atoms with Crippen molar-refractivity contribution in [3.05, 3.63) is 46.7 Å². The summed E-state index contributed by atoms with van der Waals surface area (Å²) >= 11 is 1.72. The highest BCUT2D eigenvalue weighted by molar-refractivity contribution is 7.99. The molecule has 0 radical (unpaired) electrons. The number of aliphatic hydroxyl groups is 2. The predicted molar refractivity (Wildman–Crippen MR) is 152 cm³/mol. The highest BCUT2D eigenvalue weighted by Gasteiger charge is 2.67. The fourth-order valence-electron chi connectivity index (χ4n) is 9.26. The van der Waals surface area contributed by atoms with Gasteiger partial charge in [0, 0.05) is 21.8 Å². The van der Waals surface area contributed by atoms with E-state index in [0.29, 0.717) is 17.4 Å². The number of hydrogen-bond donors (Lipinski definition) is 4. The molecule has 5 rings (SSSR count). The molecule has 1 aromatic carbocycles. The van der Waals surface area contributed by atoms with Crippen molar-refractivity contribution in [2.45, 2.75) is 97.2 Å². The molecule has 5 heteroatoms. The van der Waals surface area contributed by atoms with E-state index in [-0.39, 0.29) is 50.4 Å². The van der Waals surface area contributed by atoms with Crippen molar-refractivity contribution >= 4 is 11.8 Å². The van der Waals surface area contributed by atoms with Gasteiger partial charge < -0.3 is 20.4 Å². The highest BCUT2D eigenvalue weighted by Crippen LogP contribution is 2.75. The number of phenols is 2. The zero-order valence-electron chi connectivity index (χ0n) is 23.6. The second kappa shape index (κ2) is 8.45. The smallest absolute Gasteiger partial charge is 0.160 e. The van der Waals surface area contributed by atoms with E-state index in [1.165, 1.54) is 12.0 Å². The van der Waals surface area contributed by atoms with E-state index in [0.717, 1.165) is 55.2 Å². The quantitative estimate of drug-likeness (QED) is 0.182. The van der Waals surface area contributed by atoms with Crippen LogP contribution in [0, 0.1) is 34.5 Å². The number of rotatable bonds is 4. The normalized spacial score (nSPS) is 42.6. The first-order chi connectivity index (χ1) is 17.2. The Kier molecular flexibility index (Phi) is 6.17. The average molecular weight is 527 g/mol. The van der Waals surface area contributed by atoms with E-state index in [1.54, 1.807) is 11.8 Å². The minimum Gasteiger partial charge on any atom is -0.512 e. The molecular formula is C32H46O4S. The molecule has 4 aliphatic carbocycles. The standard InChI is InChI=1S/C32H46O4S/c1-19-26-21(16-22(35)27(19)36)30(5)11-13-32(7)25-18-29(4,20(2)34)9-8-28(25,3)10-12-31(32,6)24(30)17-23(26)37-15-14-33/h16-17,23,25,33-36H,2,8-15,18H2,1,3-7H3/t23?,25-,28-,29-,30+,31-,32+/m1/s1. The second-order valence-corrected chi connectivity index (χ2v) is 15.2. The zero-order valence-corrected chi connectivity index (χ0v) is 24.4. The van der Waals surface area contributed by atoms with Crippen LogP contribution in [0.4, 0.5) is 0 Å². The molecule has 0 spiro atoms. The van der Waals surface area contributed by atoms with Crippen molar-refractivity contribution in [1.82, 2.24) is 0 Å². The number of hydrogen-bond acceptors (Lipinski definition) is 5. The van der Waals surface area contributed by atoms with Gasteiger partial charge in [0.25, 0.3) is 0 Å². The van der Waals surface area contributed by atoms with Gasteiger partial charge in [-0.2, -0.15) is 0 Å². The highest BCUT2D eigenvalue weighted by atomic mass is 32.2. The Morgan fingerprint density at radius 2 is 1.70 bits per heavy atom. The molecule has 1 unspecified atom stereocenters. The topological polar surface area (TPSA) is 80.9 Å². The maximum absolute atomic E-state index is 10.7. The third kappa shape index (κ3) is 3.51. The Balaban J connectivity index is 1.68. The van der Waals surface area contributed by atoms with Crippen LogP contribution in [0.25, 0.3) is 0 Å². The lowest BCUT2D eigenvalue weighted by atomic mass is 9.34. The molecule has 37 heavy (non-hydrogen) atoms. The Hall–Kier alpha value is -1.59. The van der Waals surface area contributed by atoms with Gasteiger partial charge in [0.2, 0.25) is 0 Å². The lowest BCUT2D eigenvalue weighted by molar-refractivity contribution is -0.157. The van der Waals surface area contributed by atoms with E-state index < -0.39 is 0 Å². The maximum Gasteiger partial charge on any atom is 0.160 e. The van der Waals surface area contributed by atoms with Gasteiger partial charge in [-0.3, -0.25) is 0 Å². The van der Waals surface area contributed by atoms with Crippen LogP contribution < -0.4 is 0 Å². The molecule has 0 aliphatic heterocycles. The molecule has 0 heterocycles. The van der Waals surface area contributed by atoms with Crippen molar-refractivity contribution in [3.63, 3.8) is 0 Å². The second-order valence-electron chi connectivity index (χ2n) is 13.9. The average Bonchev–Trinajstić information content (AvgIpc) is 2.84. The molecule has 3 saturated carbocycles. The molecule has 204 valence electrons. The molecule has 3 fully saturated rings. The molecule has 0 bridgehead atoms. The van der Waals surface area contributed by atoms with Gasteiger partial charge in [-0.15, -0.1) is 11.8 Å². The fraction of sp³-hybridized carbons (Fsp3) is 0.688. The molecule has 7 atom stereocenters. The number of allylic oxidation sites excluding steroid dienone is 2. The van der Waals surface area contributed by atoms with Gasteiger partial charge in [0.05, 0.1) is 12.4 Å². The van der Waals surface area contributed by atoms with Gasteiger partial charge >= 0.3 is 0 Å². The molecule has 0 saturated heterocycles. The Labute approximate surface area is 227 Å². The summed E-state index contributed by atoms with van der Waals surface area (Å²) in [6, 6.07) is 1.82.